The molecule has 0 aliphatic carbocycles. The molecule has 2 aromatic rings. The van der Waals surface area contributed by atoms with E-state index < -0.39 is 0 Å². The van der Waals surface area contributed by atoms with Gasteiger partial charge in [-0.05, 0) is 24.6 Å². The van der Waals surface area contributed by atoms with Crippen LogP contribution < -0.4 is 0 Å². The molecule has 1 aromatic carbocycles. The second kappa shape index (κ2) is 5.50. The van der Waals surface area contributed by atoms with E-state index in [9.17, 15) is 4.79 Å². The Morgan fingerprint density at radius 2 is 2.00 bits per heavy atom. The number of ether oxygens (including phenoxy) is 1. The number of hydrogen-bond donors (Lipinski definition) is 0. The summed E-state index contributed by atoms with van der Waals surface area (Å²) in [5, 5.41) is 0. The summed E-state index contributed by atoms with van der Waals surface area (Å²) in [6.45, 7) is 2.74. The number of carbonyl (C=O) groups is 1. The third kappa shape index (κ3) is 2.85. The lowest BCUT2D eigenvalue weighted by molar-refractivity contribution is 0.0761. The molecule has 4 heteroatoms. The van der Waals surface area contributed by atoms with E-state index in [-0.39, 0.29) is 12.4 Å². The van der Waals surface area contributed by atoms with Crippen LogP contribution in [0, 0.1) is 0 Å². The molecule has 17 heavy (non-hydrogen) atoms. The van der Waals surface area contributed by atoms with Gasteiger partial charge in [-0.3, -0.25) is 14.8 Å². The maximum atomic E-state index is 11.8. The number of benzene rings is 1. The predicted octanol–water partition coefficient (Wildman–Crippen LogP) is 2.24. The van der Waals surface area contributed by atoms with Gasteiger partial charge < -0.3 is 4.74 Å². The molecule has 0 aliphatic rings. The quantitative estimate of drug-likeness (QED) is 0.584. The Kier molecular flexibility index (Phi) is 3.77. The first-order chi connectivity index (χ1) is 8.31. The van der Waals surface area contributed by atoms with Gasteiger partial charge in [-0.1, -0.05) is 6.92 Å². The van der Waals surface area contributed by atoms with Crippen LogP contribution in [0.2, 0.25) is 0 Å². The topological polar surface area (TPSA) is 52.1 Å². The lowest BCUT2D eigenvalue weighted by Gasteiger charge is -2.03. The maximum absolute atomic E-state index is 11.8. The number of fused-ring (bicyclic) bond motifs is 1. The van der Waals surface area contributed by atoms with Gasteiger partial charge in [0.1, 0.15) is 6.61 Å². The highest BCUT2D eigenvalue weighted by Gasteiger charge is 2.07. The van der Waals surface area contributed by atoms with Gasteiger partial charge >= 0.3 is 0 Å². The molecule has 1 heterocycles. The number of ketones is 1. The van der Waals surface area contributed by atoms with Gasteiger partial charge in [0.2, 0.25) is 0 Å². The summed E-state index contributed by atoms with van der Waals surface area (Å²) in [5.41, 5.74) is 2.14. The van der Waals surface area contributed by atoms with Gasteiger partial charge in [0.15, 0.2) is 5.78 Å². The minimum Gasteiger partial charge on any atom is -0.373 e. The second-order valence-corrected chi connectivity index (χ2v) is 3.74. The van der Waals surface area contributed by atoms with Crippen molar-refractivity contribution in [3.8, 4) is 0 Å². The SMILES string of the molecule is CCCOCC(=O)c1ccc2nccnc2c1. The van der Waals surface area contributed by atoms with Crippen molar-refractivity contribution in [3.63, 3.8) is 0 Å². The van der Waals surface area contributed by atoms with Crippen molar-refractivity contribution < 1.29 is 9.53 Å². The Morgan fingerprint density at radius 3 is 2.76 bits per heavy atom. The number of Topliss-reactive ketones (excluding diaryl/α,β-unsaturated/α-hetero) is 1. The molecule has 0 radical (unpaired) electrons. The summed E-state index contributed by atoms with van der Waals surface area (Å²) in [6.07, 6.45) is 4.16. The highest BCUT2D eigenvalue weighted by Crippen LogP contribution is 2.11. The molecule has 0 bridgehead atoms. The fourth-order valence-corrected chi connectivity index (χ4v) is 1.53. The average molecular weight is 230 g/mol. The molecule has 88 valence electrons. The minimum atomic E-state index is -0.0222. The third-order valence-electron chi connectivity index (χ3n) is 2.37. The fourth-order valence-electron chi connectivity index (χ4n) is 1.53. The first kappa shape index (κ1) is 11.7. The van der Waals surface area contributed by atoms with E-state index in [0.717, 1.165) is 17.5 Å². The zero-order valence-corrected chi connectivity index (χ0v) is 9.72. The van der Waals surface area contributed by atoms with Crippen molar-refractivity contribution in [2.75, 3.05) is 13.2 Å². The molecule has 0 amide bonds. The Balaban J connectivity index is 2.15. The van der Waals surface area contributed by atoms with Crippen LogP contribution in [0.4, 0.5) is 0 Å². The largest absolute Gasteiger partial charge is 0.373 e. The lowest BCUT2D eigenvalue weighted by atomic mass is 10.1. The molecular weight excluding hydrogens is 216 g/mol. The monoisotopic (exact) mass is 230 g/mol. The normalized spacial score (nSPS) is 10.6. The molecule has 0 saturated carbocycles. The predicted molar refractivity (Wildman–Crippen MR) is 65.0 cm³/mol. The van der Waals surface area contributed by atoms with Crippen LogP contribution in [0.5, 0.6) is 0 Å². The molecule has 0 N–H and O–H groups in total. The third-order valence-corrected chi connectivity index (χ3v) is 2.37. The van der Waals surface area contributed by atoms with Crippen molar-refractivity contribution in [2.24, 2.45) is 0 Å². The highest BCUT2D eigenvalue weighted by atomic mass is 16.5. The van der Waals surface area contributed by atoms with Crippen LogP contribution in [-0.2, 0) is 4.74 Å². The minimum absolute atomic E-state index is 0.0222. The first-order valence-corrected chi connectivity index (χ1v) is 5.63. The van der Waals surface area contributed by atoms with E-state index in [1.807, 2.05) is 6.92 Å². The summed E-state index contributed by atoms with van der Waals surface area (Å²) in [7, 11) is 0. The molecule has 0 fully saturated rings. The summed E-state index contributed by atoms with van der Waals surface area (Å²) in [6, 6.07) is 5.31. The zero-order valence-electron chi connectivity index (χ0n) is 9.72. The van der Waals surface area contributed by atoms with E-state index >= 15 is 0 Å². The summed E-state index contributed by atoms with van der Waals surface area (Å²) in [5.74, 6) is -0.0222. The van der Waals surface area contributed by atoms with Gasteiger partial charge in [-0.2, -0.15) is 0 Å². The lowest BCUT2D eigenvalue weighted by Crippen LogP contribution is -2.09. The standard InChI is InChI=1S/C13H14N2O2/c1-2-7-17-9-13(16)10-3-4-11-12(8-10)15-6-5-14-11/h3-6,8H,2,7,9H2,1H3. The van der Waals surface area contributed by atoms with E-state index in [2.05, 4.69) is 9.97 Å². The van der Waals surface area contributed by atoms with Crippen molar-refractivity contribution in [1.29, 1.82) is 0 Å². The summed E-state index contributed by atoms with van der Waals surface area (Å²) >= 11 is 0. The molecule has 0 aliphatic heterocycles. The van der Waals surface area contributed by atoms with Crippen LogP contribution in [-0.4, -0.2) is 29.0 Å². The van der Waals surface area contributed by atoms with E-state index in [0.29, 0.717) is 12.2 Å². The van der Waals surface area contributed by atoms with E-state index in [1.165, 1.54) is 0 Å². The maximum Gasteiger partial charge on any atom is 0.188 e. The fraction of sp³-hybridized carbons (Fsp3) is 0.308. The molecule has 0 unspecified atom stereocenters. The van der Waals surface area contributed by atoms with Gasteiger partial charge in [0.05, 0.1) is 11.0 Å². The molecular formula is C13H14N2O2. The highest BCUT2D eigenvalue weighted by molar-refractivity contribution is 5.99. The van der Waals surface area contributed by atoms with Gasteiger partial charge in [0, 0.05) is 24.6 Å². The van der Waals surface area contributed by atoms with Crippen molar-refractivity contribution >= 4 is 16.8 Å². The number of carbonyl (C=O) groups excluding carboxylic acids is 1. The molecule has 0 saturated heterocycles. The van der Waals surface area contributed by atoms with Crippen LogP contribution in [0.25, 0.3) is 11.0 Å². The van der Waals surface area contributed by atoms with E-state index in [4.69, 9.17) is 4.74 Å². The zero-order chi connectivity index (χ0) is 12.1. The van der Waals surface area contributed by atoms with Crippen LogP contribution in [0.15, 0.2) is 30.6 Å². The molecule has 2 rings (SSSR count). The molecule has 4 nitrogen and oxygen atoms in total. The first-order valence-electron chi connectivity index (χ1n) is 5.63. The molecule has 0 spiro atoms. The summed E-state index contributed by atoms with van der Waals surface area (Å²) in [4.78, 5) is 20.1. The number of rotatable bonds is 5. The van der Waals surface area contributed by atoms with Gasteiger partial charge in [0.25, 0.3) is 0 Å². The van der Waals surface area contributed by atoms with Crippen LogP contribution in [0.1, 0.15) is 23.7 Å². The van der Waals surface area contributed by atoms with Crippen molar-refractivity contribution in [1.82, 2.24) is 9.97 Å². The second-order valence-electron chi connectivity index (χ2n) is 3.74. The molecule has 0 atom stereocenters. The Hall–Kier alpha value is -1.81. The Labute approximate surface area is 99.7 Å². The summed E-state index contributed by atoms with van der Waals surface area (Å²) < 4.78 is 5.23. The molecule has 1 aromatic heterocycles. The average Bonchev–Trinajstić information content (AvgIpc) is 2.38. The Morgan fingerprint density at radius 1 is 1.24 bits per heavy atom. The van der Waals surface area contributed by atoms with Crippen molar-refractivity contribution in [3.05, 3.63) is 36.2 Å². The van der Waals surface area contributed by atoms with Crippen LogP contribution in [0.3, 0.4) is 0 Å². The van der Waals surface area contributed by atoms with Crippen molar-refractivity contribution in [2.45, 2.75) is 13.3 Å². The van der Waals surface area contributed by atoms with Gasteiger partial charge in [-0.25, -0.2) is 0 Å². The number of hydrogen-bond acceptors (Lipinski definition) is 4. The van der Waals surface area contributed by atoms with Crippen LogP contribution >= 0.6 is 0 Å². The van der Waals surface area contributed by atoms with Gasteiger partial charge in [-0.15, -0.1) is 0 Å². The number of aromatic nitrogens is 2. The number of nitrogens with zero attached hydrogens (tertiary/aromatic N) is 2. The Bertz CT molecular complexity index is 526. The smallest absolute Gasteiger partial charge is 0.188 e. The van der Waals surface area contributed by atoms with E-state index in [1.54, 1.807) is 30.6 Å².